The minimum Gasteiger partial charge on any atom is -0.477 e. The van der Waals surface area contributed by atoms with Gasteiger partial charge >= 0.3 is 17.9 Å². The van der Waals surface area contributed by atoms with Crippen LogP contribution in [0.4, 0.5) is 0 Å². The minimum atomic E-state index is -0.880. The summed E-state index contributed by atoms with van der Waals surface area (Å²) in [6.45, 7) is 4.61. The molecule has 0 rings (SSSR count). The minimum absolute atomic E-state index is 0.0562. The van der Waals surface area contributed by atoms with Gasteiger partial charge in [-0.05, 0) is 32.1 Å². The predicted octanol–water partition coefficient (Wildman–Crippen LogP) is 7.24. The van der Waals surface area contributed by atoms with Gasteiger partial charge in [-0.3, -0.25) is 9.59 Å². The molecule has 0 saturated carbocycles. The zero-order chi connectivity index (χ0) is 30.8. The Kier molecular flexibility index (Phi) is 24.5. The number of nitrogens with zero attached hydrogens (tertiary/aromatic N) is 1. The average Bonchev–Trinajstić information content (AvgIpc) is 2.91. The monoisotopic (exact) mass is 584 g/mol. The van der Waals surface area contributed by atoms with Gasteiger partial charge < -0.3 is 23.8 Å². The number of rotatable bonds is 28. The lowest BCUT2D eigenvalue weighted by Gasteiger charge is -2.31. The van der Waals surface area contributed by atoms with Crippen LogP contribution < -0.4 is 0 Å². The van der Waals surface area contributed by atoms with Gasteiger partial charge in [-0.15, -0.1) is 0 Å². The van der Waals surface area contributed by atoms with E-state index in [0.29, 0.717) is 25.7 Å². The highest BCUT2D eigenvalue weighted by Gasteiger charge is 2.31. The topological polar surface area (TPSA) is 99.1 Å². The lowest BCUT2D eigenvalue weighted by Crippen LogP contribution is -2.50. The molecule has 0 aromatic rings. The number of quaternary nitrogens is 1. The summed E-state index contributed by atoms with van der Waals surface area (Å²) in [5, 5.41) is 9.52. The van der Waals surface area contributed by atoms with Crippen molar-refractivity contribution < 1.29 is 38.2 Å². The van der Waals surface area contributed by atoms with E-state index in [1.165, 1.54) is 57.8 Å². The van der Waals surface area contributed by atoms with Crippen molar-refractivity contribution in [3.63, 3.8) is 0 Å². The second-order valence-corrected chi connectivity index (χ2v) is 12.1. The number of allylic oxidation sites excluding steroid dienone is 2. The molecule has 0 saturated heterocycles. The van der Waals surface area contributed by atoms with Gasteiger partial charge in [-0.1, -0.05) is 90.2 Å². The lowest BCUT2D eigenvalue weighted by molar-refractivity contribution is -0.887. The number of esters is 2. The number of ether oxygens (including phenoxy) is 3. The number of carboxylic acid groups (broad SMARTS) is 1. The smallest absolute Gasteiger partial charge is 0.362 e. The van der Waals surface area contributed by atoms with Crippen molar-refractivity contribution in [3.8, 4) is 0 Å². The molecule has 41 heavy (non-hydrogen) atoms. The van der Waals surface area contributed by atoms with E-state index in [0.717, 1.165) is 32.1 Å². The van der Waals surface area contributed by atoms with E-state index in [2.05, 4.69) is 26.0 Å². The molecule has 1 N–H and O–H groups in total. The fraction of sp³-hybridized carbons (Fsp3) is 0.848. The molecule has 0 aliphatic carbocycles. The third kappa shape index (κ3) is 24.4. The number of hydrogen-bond donors (Lipinski definition) is 1. The van der Waals surface area contributed by atoms with Gasteiger partial charge in [-0.2, -0.15) is 0 Å². The Bertz CT molecular complexity index is 702. The van der Waals surface area contributed by atoms with Crippen LogP contribution in [0, 0.1) is 0 Å². The maximum absolute atomic E-state index is 12.5. The largest absolute Gasteiger partial charge is 0.477 e. The van der Waals surface area contributed by atoms with Crippen LogP contribution in [0.1, 0.15) is 129 Å². The van der Waals surface area contributed by atoms with Crippen LogP contribution in [-0.4, -0.2) is 80.6 Å². The van der Waals surface area contributed by atoms with Crippen LogP contribution in [0.2, 0.25) is 0 Å². The number of hydrogen-bond acceptors (Lipinski definition) is 6. The van der Waals surface area contributed by atoms with Crippen molar-refractivity contribution in [2.75, 3.05) is 41.0 Å². The second kappa shape index (κ2) is 25.8. The number of carboxylic acids is 1. The molecule has 0 fully saturated rings. The Labute approximate surface area is 250 Å². The third-order valence-corrected chi connectivity index (χ3v) is 7.16. The van der Waals surface area contributed by atoms with E-state index in [9.17, 15) is 19.5 Å². The number of unbranched alkanes of at least 4 members (excludes halogenated alkanes) is 12. The molecule has 0 aliphatic heterocycles. The Morgan fingerprint density at radius 3 is 1.83 bits per heavy atom. The fourth-order valence-corrected chi connectivity index (χ4v) is 4.56. The summed E-state index contributed by atoms with van der Waals surface area (Å²) in [7, 11) is 5.49. The van der Waals surface area contributed by atoms with Crippen LogP contribution in [0.15, 0.2) is 12.2 Å². The van der Waals surface area contributed by atoms with Gasteiger partial charge in [0, 0.05) is 19.3 Å². The van der Waals surface area contributed by atoms with Gasteiger partial charge in [-0.25, -0.2) is 4.79 Å². The summed E-state index contributed by atoms with van der Waals surface area (Å²) in [4.78, 5) is 36.4. The van der Waals surface area contributed by atoms with Crippen LogP contribution in [0.5, 0.6) is 0 Å². The highest BCUT2D eigenvalue weighted by molar-refractivity contribution is 5.72. The van der Waals surface area contributed by atoms with Crippen LogP contribution in [0.3, 0.4) is 0 Å². The van der Waals surface area contributed by atoms with Gasteiger partial charge in [0.15, 0.2) is 12.1 Å². The standard InChI is InChI=1S/C33H61NO7/c1-6-8-10-12-14-16-18-19-21-23-31(35)40-28-29(27-39-26-25-30(33(37)38)34(3,4)5)41-32(36)24-22-20-17-15-13-11-9-7-2/h16,18,29-30H,6-15,17,19-28H2,1-5H3/p+1/b18-16+. The number of carbonyl (C=O) groups is 3. The molecule has 8 heteroatoms. The van der Waals surface area contributed by atoms with E-state index >= 15 is 0 Å². The fourth-order valence-electron chi connectivity index (χ4n) is 4.56. The SMILES string of the molecule is CCCCCC/C=C/CCCC(=O)OCC(COCCC(C(=O)O)[N+](C)(C)C)OC(=O)CCCCCCCCCC. The molecule has 0 amide bonds. The second-order valence-electron chi connectivity index (χ2n) is 12.1. The molecule has 0 bridgehead atoms. The van der Waals surface area contributed by atoms with E-state index in [1.807, 2.05) is 21.1 Å². The molecule has 2 atom stereocenters. The van der Waals surface area contributed by atoms with Gasteiger partial charge in [0.1, 0.15) is 6.61 Å². The summed E-state index contributed by atoms with van der Waals surface area (Å²) >= 11 is 0. The molecule has 0 aromatic carbocycles. The first-order valence-electron chi connectivity index (χ1n) is 16.2. The maximum atomic E-state index is 12.5. The van der Waals surface area contributed by atoms with Crippen molar-refractivity contribution in [1.82, 2.24) is 0 Å². The zero-order valence-electron chi connectivity index (χ0n) is 27.0. The molecular formula is C33H62NO7+. The van der Waals surface area contributed by atoms with Crippen LogP contribution in [-0.2, 0) is 28.6 Å². The third-order valence-electron chi connectivity index (χ3n) is 7.16. The Morgan fingerprint density at radius 2 is 1.24 bits per heavy atom. The quantitative estimate of drug-likeness (QED) is 0.0448. The molecule has 0 aromatic heterocycles. The lowest BCUT2D eigenvalue weighted by atomic mass is 10.1. The molecule has 0 aliphatic rings. The van der Waals surface area contributed by atoms with E-state index in [1.54, 1.807) is 0 Å². The number of likely N-dealkylation sites (N-methyl/N-ethyl adjacent to an activating group) is 1. The summed E-state index contributed by atoms with van der Waals surface area (Å²) in [6.07, 6.45) is 21.3. The van der Waals surface area contributed by atoms with E-state index < -0.39 is 18.1 Å². The predicted molar refractivity (Wildman–Crippen MR) is 165 cm³/mol. The molecule has 0 spiro atoms. The van der Waals surface area contributed by atoms with Gasteiger partial charge in [0.2, 0.25) is 0 Å². The Balaban J connectivity index is 4.54. The van der Waals surface area contributed by atoms with Crippen molar-refractivity contribution in [3.05, 3.63) is 12.2 Å². The average molecular weight is 585 g/mol. The normalized spacial score (nSPS) is 13.3. The molecule has 0 radical (unpaired) electrons. The van der Waals surface area contributed by atoms with Crippen LogP contribution >= 0.6 is 0 Å². The van der Waals surface area contributed by atoms with Gasteiger partial charge in [0.05, 0.1) is 34.4 Å². The van der Waals surface area contributed by atoms with Crippen molar-refractivity contribution in [2.45, 2.75) is 142 Å². The molecule has 8 nitrogen and oxygen atoms in total. The van der Waals surface area contributed by atoms with Gasteiger partial charge in [0.25, 0.3) is 0 Å². The summed E-state index contributed by atoms with van der Waals surface area (Å²) in [5.74, 6) is -1.52. The molecule has 0 heterocycles. The van der Waals surface area contributed by atoms with E-state index in [4.69, 9.17) is 14.2 Å². The number of carbonyl (C=O) groups excluding carboxylic acids is 2. The molecule has 2 unspecified atom stereocenters. The Morgan fingerprint density at radius 1 is 0.707 bits per heavy atom. The van der Waals surface area contributed by atoms with Crippen molar-refractivity contribution in [2.24, 2.45) is 0 Å². The number of aliphatic carboxylic acids is 1. The highest BCUT2D eigenvalue weighted by atomic mass is 16.6. The first kappa shape index (κ1) is 39.1. The van der Waals surface area contributed by atoms with Crippen molar-refractivity contribution in [1.29, 1.82) is 0 Å². The van der Waals surface area contributed by atoms with E-state index in [-0.39, 0.29) is 36.2 Å². The molecule has 240 valence electrons. The Hall–Kier alpha value is -1.93. The summed E-state index contributed by atoms with van der Waals surface area (Å²) in [5.41, 5.74) is 0. The summed E-state index contributed by atoms with van der Waals surface area (Å²) < 4.78 is 17.0. The zero-order valence-corrected chi connectivity index (χ0v) is 27.0. The van der Waals surface area contributed by atoms with Crippen molar-refractivity contribution >= 4 is 17.9 Å². The highest BCUT2D eigenvalue weighted by Crippen LogP contribution is 2.12. The van der Waals surface area contributed by atoms with Crippen LogP contribution in [0.25, 0.3) is 0 Å². The first-order chi connectivity index (χ1) is 19.6. The first-order valence-corrected chi connectivity index (χ1v) is 16.2. The maximum Gasteiger partial charge on any atom is 0.362 e. The molecular weight excluding hydrogens is 522 g/mol. The summed E-state index contributed by atoms with van der Waals surface area (Å²) in [6, 6.07) is -0.610.